The lowest BCUT2D eigenvalue weighted by Gasteiger charge is -2.05. The summed E-state index contributed by atoms with van der Waals surface area (Å²) in [5, 5.41) is 7.75. The van der Waals surface area contributed by atoms with Gasteiger partial charge in [0.25, 0.3) is 11.8 Å². The molecule has 126 valence electrons. The first-order chi connectivity index (χ1) is 12.1. The van der Waals surface area contributed by atoms with Crippen LogP contribution in [0.2, 0.25) is 5.02 Å². The van der Waals surface area contributed by atoms with Crippen LogP contribution < -0.4 is 10.7 Å². The Bertz CT molecular complexity index is 949. The summed E-state index contributed by atoms with van der Waals surface area (Å²) in [6, 6.07) is 14.4. The third-order valence-corrected chi connectivity index (χ3v) is 3.87. The lowest BCUT2D eigenvalue weighted by Crippen LogP contribution is -2.35. The molecular weight excluding hydrogens is 340 g/mol. The van der Waals surface area contributed by atoms with E-state index in [2.05, 4.69) is 20.8 Å². The van der Waals surface area contributed by atoms with Gasteiger partial charge in [-0.15, -0.1) is 0 Å². The smallest absolute Gasteiger partial charge is 0.259 e. The molecule has 3 rings (SSSR count). The second-order valence-electron chi connectivity index (χ2n) is 5.25. The van der Waals surface area contributed by atoms with Crippen molar-refractivity contribution in [2.24, 2.45) is 5.10 Å². The molecule has 0 radical (unpaired) electrons. The Balaban J connectivity index is 1.53. The van der Waals surface area contributed by atoms with E-state index < -0.39 is 11.8 Å². The van der Waals surface area contributed by atoms with Crippen LogP contribution >= 0.6 is 11.6 Å². The summed E-state index contributed by atoms with van der Waals surface area (Å²) in [4.78, 5) is 26.9. The topological polar surface area (TPSA) is 86.3 Å². The number of hydrogen-bond acceptors (Lipinski definition) is 3. The highest BCUT2D eigenvalue weighted by atomic mass is 35.5. The Kier molecular flexibility index (Phi) is 5.11. The first kappa shape index (κ1) is 16.7. The summed E-state index contributed by atoms with van der Waals surface area (Å²) >= 11 is 5.93. The van der Waals surface area contributed by atoms with Gasteiger partial charge >= 0.3 is 0 Å². The van der Waals surface area contributed by atoms with E-state index in [4.69, 9.17) is 11.6 Å². The summed E-state index contributed by atoms with van der Waals surface area (Å²) in [7, 11) is 0. The number of H-pyrrole nitrogens is 1. The monoisotopic (exact) mass is 354 g/mol. The molecule has 7 heteroatoms. The number of hydrazone groups is 1. The molecular formula is C18H15ClN4O2. The molecule has 0 atom stereocenters. The third-order valence-electron chi connectivity index (χ3n) is 3.54. The lowest BCUT2D eigenvalue weighted by atomic mass is 10.2. The molecule has 1 heterocycles. The number of carbonyl (C=O) groups is 2. The number of aromatic nitrogens is 1. The summed E-state index contributed by atoms with van der Waals surface area (Å²) < 4.78 is 0. The molecule has 0 bridgehead atoms. The van der Waals surface area contributed by atoms with Crippen molar-refractivity contribution in [3.05, 3.63) is 70.9 Å². The van der Waals surface area contributed by atoms with E-state index in [1.54, 1.807) is 36.7 Å². The van der Waals surface area contributed by atoms with Gasteiger partial charge in [0.1, 0.15) is 0 Å². The number of nitrogens with one attached hydrogen (secondary N) is 3. The van der Waals surface area contributed by atoms with Gasteiger partial charge in [-0.05, 0) is 18.2 Å². The first-order valence-electron chi connectivity index (χ1n) is 7.56. The number of halogens is 1. The zero-order valence-corrected chi connectivity index (χ0v) is 13.9. The largest absolute Gasteiger partial charge is 0.361 e. The van der Waals surface area contributed by atoms with Crippen LogP contribution in [-0.4, -0.2) is 29.6 Å². The van der Waals surface area contributed by atoms with Gasteiger partial charge in [0.2, 0.25) is 0 Å². The highest BCUT2D eigenvalue weighted by molar-refractivity contribution is 6.33. The van der Waals surface area contributed by atoms with Crippen LogP contribution in [0.3, 0.4) is 0 Å². The Morgan fingerprint density at radius 1 is 1.12 bits per heavy atom. The van der Waals surface area contributed by atoms with Gasteiger partial charge in [-0.2, -0.15) is 5.10 Å². The van der Waals surface area contributed by atoms with Crippen LogP contribution in [0.25, 0.3) is 10.9 Å². The van der Waals surface area contributed by atoms with Gasteiger partial charge in [-0.25, -0.2) is 5.43 Å². The number of aromatic amines is 1. The van der Waals surface area contributed by atoms with E-state index in [0.717, 1.165) is 16.5 Å². The van der Waals surface area contributed by atoms with Crippen molar-refractivity contribution in [3.8, 4) is 0 Å². The number of amides is 2. The highest BCUT2D eigenvalue weighted by Crippen LogP contribution is 2.15. The maximum Gasteiger partial charge on any atom is 0.259 e. The maximum absolute atomic E-state index is 12.0. The molecule has 0 saturated carbocycles. The molecule has 2 aromatic carbocycles. The van der Waals surface area contributed by atoms with Gasteiger partial charge in [0.05, 0.1) is 23.3 Å². The second kappa shape index (κ2) is 7.63. The van der Waals surface area contributed by atoms with E-state index in [1.165, 1.54) is 0 Å². The fraction of sp³-hybridized carbons (Fsp3) is 0.0556. The van der Waals surface area contributed by atoms with Crippen molar-refractivity contribution >= 4 is 40.5 Å². The molecule has 0 fully saturated rings. The average Bonchev–Trinajstić information content (AvgIpc) is 3.03. The van der Waals surface area contributed by atoms with Crippen molar-refractivity contribution in [2.45, 2.75) is 0 Å². The summed E-state index contributed by atoms with van der Waals surface area (Å²) in [5.41, 5.74) is 4.54. The van der Waals surface area contributed by atoms with E-state index in [0.29, 0.717) is 10.6 Å². The molecule has 1 aromatic heterocycles. The minimum Gasteiger partial charge on any atom is -0.361 e. The number of carbonyl (C=O) groups excluding carboxylic acids is 2. The van der Waals surface area contributed by atoms with Gasteiger partial charge in [-0.1, -0.05) is 41.9 Å². The Hall–Kier alpha value is -3.12. The van der Waals surface area contributed by atoms with Gasteiger partial charge in [0, 0.05) is 22.7 Å². The van der Waals surface area contributed by atoms with Crippen LogP contribution in [-0.2, 0) is 4.79 Å². The number of para-hydroxylation sites is 1. The van der Waals surface area contributed by atoms with E-state index in [1.807, 2.05) is 24.3 Å². The number of fused-ring (bicyclic) bond motifs is 1. The SMILES string of the molecule is O=C(CNC(=O)c1ccccc1Cl)N/N=C\c1c[nH]c2ccccc12. The first-order valence-corrected chi connectivity index (χ1v) is 7.93. The van der Waals surface area contributed by atoms with Gasteiger partial charge in [0.15, 0.2) is 0 Å². The fourth-order valence-electron chi connectivity index (χ4n) is 2.32. The second-order valence-corrected chi connectivity index (χ2v) is 5.65. The maximum atomic E-state index is 12.0. The number of rotatable bonds is 5. The molecule has 6 nitrogen and oxygen atoms in total. The van der Waals surface area contributed by atoms with Crippen LogP contribution in [0.15, 0.2) is 59.8 Å². The van der Waals surface area contributed by atoms with Gasteiger partial charge in [-0.3, -0.25) is 9.59 Å². The standard InChI is InChI=1S/C18H15ClN4O2/c19-15-7-3-1-6-14(15)18(25)21-11-17(24)23-22-10-12-9-20-16-8-4-2-5-13(12)16/h1-10,20H,11H2,(H,21,25)(H,23,24)/b22-10-. The zero-order valence-electron chi connectivity index (χ0n) is 13.1. The van der Waals surface area contributed by atoms with E-state index >= 15 is 0 Å². The number of nitrogens with zero attached hydrogens (tertiary/aromatic N) is 1. The summed E-state index contributed by atoms with van der Waals surface area (Å²) in [6.45, 7) is -0.199. The molecule has 2 amide bonds. The molecule has 25 heavy (non-hydrogen) atoms. The summed E-state index contributed by atoms with van der Waals surface area (Å²) in [5.74, 6) is -0.849. The zero-order chi connectivity index (χ0) is 17.6. The minimum absolute atomic E-state index is 0.199. The number of benzene rings is 2. The average molecular weight is 355 g/mol. The third kappa shape index (κ3) is 4.05. The highest BCUT2D eigenvalue weighted by Gasteiger charge is 2.10. The molecule has 3 N–H and O–H groups in total. The lowest BCUT2D eigenvalue weighted by molar-refractivity contribution is -0.120. The van der Waals surface area contributed by atoms with Crippen molar-refractivity contribution < 1.29 is 9.59 Å². The van der Waals surface area contributed by atoms with Crippen molar-refractivity contribution in [1.29, 1.82) is 0 Å². The van der Waals surface area contributed by atoms with Crippen molar-refractivity contribution in [1.82, 2.24) is 15.7 Å². The molecule has 0 aliphatic rings. The molecule has 0 unspecified atom stereocenters. The normalized spacial score (nSPS) is 10.9. The predicted octanol–water partition coefficient (Wildman–Crippen LogP) is 2.70. The molecule has 0 aliphatic carbocycles. The summed E-state index contributed by atoms with van der Waals surface area (Å²) in [6.07, 6.45) is 3.35. The quantitative estimate of drug-likeness (QED) is 0.486. The van der Waals surface area contributed by atoms with E-state index in [9.17, 15) is 9.59 Å². The van der Waals surface area contributed by atoms with Crippen LogP contribution in [0.5, 0.6) is 0 Å². The Morgan fingerprint density at radius 3 is 2.72 bits per heavy atom. The van der Waals surface area contributed by atoms with E-state index in [-0.39, 0.29) is 6.54 Å². The Labute approximate surface area is 148 Å². The minimum atomic E-state index is -0.434. The van der Waals surface area contributed by atoms with Crippen LogP contribution in [0.1, 0.15) is 15.9 Å². The Morgan fingerprint density at radius 2 is 1.88 bits per heavy atom. The predicted molar refractivity (Wildman–Crippen MR) is 97.8 cm³/mol. The fourth-order valence-corrected chi connectivity index (χ4v) is 2.54. The molecule has 0 saturated heterocycles. The van der Waals surface area contributed by atoms with Crippen molar-refractivity contribution in [3.63, 3.8) is 0 Å². The van der Waals surface area contributed by atoms with Gasteiger partial charge < -0.3 is 10.3 Å². The van der Waals surface area contributed by atoms with Crippen LogP contribution in [0, 0.1) is 0 Å². The molecule has 3 aromatic rings. The molecule has 0 aliphatic heterocycles. The van der Waals surface area contributed by atoms with Crippen LogP contribution in [0.4, 0.5) is 0 Å². The van der Waals surface area contributed by atoms with Crippen molar-refractivity contribution in [2.75, 3.05) is 6.54 Å². The number of hydrogen-bond donors (Lipinski definition) is 3. The molecule has 0 spiro atoms.